The van der Waals surface area contributed by atoms with Gasteiger partial charge in [0.1, 0.15) is 18.1 Å². The Morgan fingerprint density at radius 1 is 1.05 bits per heavy atom. The zero-order valence-corrected chi connectivity index (χ0v) is 10.7. The van der Waals surface area contributed by atoms with Crippen molar-refractivity contribution < 1.29 is 14.3 Å². The lowest BCUT2D eigenvalue weighted by Crippen LogP contribution is -2.24. The van der Waals surface area contributed by atoms with Crippen LogP contribution in [0, 0.1) is 5.41 Å². The van der Waals surface area contributed by atoms with E-state index < -0.39 is 6.09 Å². The van der Waals surface area contributed by atoms with E-state index in [0.717, 1.165) is 11.9 Å². The summed E-state index contributed by atoms with van der Waals surface area (Å²) in [7, 11) is 0. The second-order valence-electron chi connectivity index (χ2n) is 3.92. The summed E-state index contributed by atoms with van der Waals surface area (Å²) in [4.78, 5) is 11.1. The standard InChI is InChI=1S/C15H14N2O3/c16-11-17-15(18)20-14-8-6-13(7-9-14)19-10-12-4-2-1-3-5-12/h1-9,11H,10H2,(H2,16,17,18). The third-order valence-electron chi connectivity index (χ3n) is 2.47. The van der Waals surface area contributed by atoms with E-state index in [-0.39, 0.29) is 0 Å². The van der Waals surface area contributed by atoms with Gasteiger partial charge < -0.3 is 9.47 Å². The molecule has 0 spiro atoms. The van der Waals surface area contributed by atoms with Crippen molar-refractivity contribution in [1.29, 1.82) is 5.41 Å². The molecule has 0 heterocycles. The Bertz CT molecular complexity index is 567. The van der Waals surface area contributed by atoms with Gasteiger partial charge in [-0.15, -0.1) is 0 Å². The summed E-state index contributed by atoms with van der Waals surface area (Å²) in [6.45, 7) is 0.481. The lowest BCUT2D eigenvalue weighted by atomic mass is 10.2. The van der Waals surface area contributed by atoms with Crippen LogP contribution in [0.1, 0.15) is 5.56 Å². The fourth-order valence-electron chi connectivity index (χ4n) is 1.54. The highest BCUT2D eigenvalue weighted by Crippen LogP contribution is 2.18. The number of ether oxygens (including phenoxy) is 2. The van der Waals surface area contributed by atoms with Gasteiger partial charge >= 0.3 is 6.09 Å². The number of nitrogens with one attached hydrogen (secondary N) is 2. The fourth-order valence-corrected chi connectivity index (χ4v) is 1.54. The van der Waals surface area contributed by atoms with E-state index in [0.29, 0.717) is 18.1 Å². The minimum Gasteiger partial charge on any atom is -0.489 e. The van der Waals surface area contributed by atoms with Crippen molar-refractivity contribution in [3.63, 3.8) is 0 Å². The van der Waals surface area contributed by atoms with E-state index in [1.54, 1.807) is 24.3 Å². The Kier molecular flexibility index (Phi) is 4.72. The Morgan fingerprint density at radius 3 is 2.35 bits per heavy atom. The van der Waals surface area contributed by atoms with Crippen LogP contribution in [0.3, 0.4) is 0 Å². The molecule has 0 aliphatic carbocycles. The third-order valence-corrected chi connectivity index (χ3v) is 2.47. The van der Waals surface area contributed by atoms with Gasteiger partial charge in [0.05, 0.1) is 6.34 Å². The van der Waals surface area contributed by atoms with Crippen molar-refractivity contribution in [3.05, 3.63) is 60.2 Å². The Hall–Kier alpha value is -2.82. The number of hydrogen-bond donors (Lipinski definition) is 2. The van der Waals surface area contributed by atoms with Crippen molar-refractivity contribution >= 4 is 12.4 Å². The average Bonchev–Trinajstić information content (AvgIpc) is 2.48. The highest BCUT2D eigenvalue weighted by atomic mass is 16.6. The van der Waals surface area contributed by atoms with Crippen LogP contribution in [0.25, 0.3) is 0 Å². The van der Waals surface area contributed by atoms with Crippen LogP contribution in [0.15, 0.2) is 54.6 Å². The SMILES string of the molecule is N=CNC(=O)Oc1ccc(OCc2ccccc2)cc1. The first-order chi connectivity index (χ1) is 9.78. The Labute approximate surface area is 116 Å². The second-order valence-corrected chi connectivity index (χ2v) is 3.92. The van der Waals surface area contributed by atoms with Crippen molar-refractivity contribution in [1.82, 2.24) is 5.32 Å². The van der Waals surface area contributed by atoms with Gasteiger partial charge in [-0.1, -0.05) is 30.3 Å². The minimum atomic E-state index is -0.696. The minimum absolute atomic E-state index is 0.386. The van der Waals surface area contributed by atoms with Crippen LogP contribution >= 0.6 is 0 Å². The van der Waals surface area contributed by atoms with Gasteiger partial charge in [0, 0.05) is 0 Å². The number of rotatable bonds is 5. The molecular formula is C15H14N2O3. The first kappa shape index (κ1) is 13.6. The normalized spacial score (nSPS) is 9.60. The monoisotopic (exact) mass is 270 g/mol. The molecule has 0 saturated carbocycles. The van der Waals surface area contributed by atoms with Gasteiger partial charge in [0.2, 0.25) is 0 Å². The molecule has 1 amide bonds. The summed E-state index contributed by atoms with van der Waals surface area (Å²) < 4.78 is 10.5. The maximum atomic E-state index is 11.1. The average molecular weight is 270 g/mol. The Balaban J connectivity index is 1.88. The van der Waals surface area contributed by atoms with E-state index in [1.165, 1.54) is 0 Å². The second kappa shape index (κ2) is 6.94. The number of hydrogen-bond acceptors (Lipinski definition) is 4. The molecule has 5 heteroatoms. The molecule has 0 unspecified atom stereocenters. The molecule has 2 aromatic rings. The highest BCUT2D eigenvalue weighted by Gasteiger charge is 2.02. The number of carbonyl (C=O) groups excluding carboxylic acids is 1. The maximum Gasteiger partial charge on any atom is 0.417 e. The third kappa shape index (κ3) is 4.13. The van der Waals surface area contributed by atoms with Crippen molar-refractivity contribution in [2.75, 3.05) is 0 Å². The smallest absolute Gasteiger partial charge is 0.417 e. The highest BCUT2D eigenvalue weighted by molar-refractivity contribution is 5.82. The quantitative estimate of drug-likeness (QED) is 0.648. The number of carbonyl (C=O) groups is 1. The zero-order chi connectivity index (χ0) is 14.2. The molecule has 0 saturated heterocycles. The van der Waals surface area contributed by atoms with Gasteiger partial charge in [-0.25, -0.2) is 4.79 Å². The molecule has 2 N–H and O–H groups in total. The van der Waals surface area contributed by atoms with Gasteiger partial charge in [0.25, 0.3) is 0 Å². The number of benzene rings is 2. The summed E-state index contributed by atoms with van der Waals surface area (Å²) in [5.41, 5.74) is 1.08. The van der Waals surface area contributed by atoms with Crippen LogP contribution < -0.4 is 14.8 Å². The molecule has 0 aliphatic rings. The Morgan fingerprint density at radius 2 is 1.70 bits per heavy atom. The maximum absolute atomic E-state index is 11.1. The summed E-state index contributed by atoms with van der Waals surface area (Å²) in [5, 5.41) is 8.82. The van der Waals surface area contributed by atoms with Crippen LogP contribution in [0.5, 0.6) is 11.5 Å². The molecule has 0 fully saturated rings. The van der Waals surface area contributed by atoms with Gasteiger partial charge in [-0.2, -0.15) is 0 Å². The fraction of sp³-hybridized carbons (Fsp3) is 0.0667. The van der Waals surface area contributed by atoms with E-state index in [9.17, 15) is 4.79 Å². The molecule has 2 rings (SSSR count). The molecule has 0 atom stereocenters. The number of amides is 1. The van der Waals surface area contributed by atoms with Crippen molar-refractivity contribution in [2.45, 2.75) is 6.61 Å². The summed E-state index contributed by atoms with van der Waals surface area (Å²) in [5.74, 6) is 1.07. The molecule has 0 radical (unpaired) electrons. The zero-order valence-electron chi connectivity index (χ0n) is 10.7. The van der Waals surface area contributed by atoms with E-state index >= 15 is 0 Å². The van der Waals surface area contributed by atoms with Crippen LogP contribution in [-0.4, -0.2) is 12.4 Å². The van der Waals surface area contributed by atoms with Gasteiger partial charge in [-0.05, 0) is 29.8 Å². The lowest BCUT2D eigenvalue weighted by molar-refractivity contribution is 0.206. The molecule has 5 nitrogen and oxygen atoms in total. The summed E-state index contributed by atoms with van der Waals surface area (Å²) >= 11 is 0. The van der Waals surface area contributed by atoms with E-state index in [4.69, 9.17) is 14.9 Å². The molecular weight excluding hydrogens is 256 g/mol. The van der Waals surface area contributed by atoms with E-state index in [1.807, 2.05) is 30.3 Å². The molecule has 2 aromatic carbocycles. The predicted octanol–water partition coefficient (Wildman–Crippen LogP) is 2.96. The van der Waals surface area contributed by atoms with Crippen molar-refractivity contribution in [2.24, 2.45) is 0 Å². The topological polar surface area (TPSA) is 71.4 Å². The first-order valence-electron chi connectivity index (χ1n) is 6.02. The molecule has 0 aromatic heterocycles. The summed E-state index contributed by atoms with van der Waals surface area (Å²) in [6, 6.07) is 16.5. The lowest BCUT2D eigenvalue weighted by Gasteiger charge is -2.07. The van der Waals surface area contributed by atoms with Crippen molar-refractivity contribution in [3.8, 4) is 11.5 Å². The molecule has 0 aliphatic heterocycles. The van der Waals surface area contributed by atoms with Gasteiger partial charge in [-0.3, -0.25) is 10.7 Å². The first-order valence-corrected chi connectivity index (χ1v) is 6.02. The molecule has 0 bridgehead atoms. The van der Waals surface area contributed by atoms with Crippen LogP contribution in [0.2, 0.25) is 0 Å². The van der Waals surface area contributed by atoms with Crippen LogP contribution in [-0.2, 0) is 6.61 Å². The van der Waals surface area contributed by atoms with Crippen LogP contribution in [0.4, 0.5) is 4.79 Å². The molecule has 102 valence electrons. The summed E-state index contributed by atoms with van der Waals surface area (Å²) in [6.07, 6.45) is 0.0672. The largest absolute Gasteiger partial charge is 0.489 e. The predicted molar refractivity (Wildman–Crippen MR) is 75.2 cm³/mol. The van der Waals surface area contributed by atoms with E-state index in [2.05, 4.69) is 5.32 Å². The van der Waals surface area contributed by atoms with Gasteiger partial charge in [0.15, 0.2) is 0 Å². The molecule has 20 heavy (non-hydrogen) atoms.